The van der Waals surface area contributed by atoms with Gasteiger partial charge in [0.25, 0.3) is 0 Å². The first-order chi connectivity index (χ1) is 18.6. The average molecular weight is 496 g/mol. The van der Waals surface area contributed by atoms with Gasteiger partial charge in [-0.05, 0) is 78.2 Å². The lowest BCUT2D eigenvalue weighted by molar-refractivity contribution is 0.620. The fraction of sp³-hybridized carbons (Fsp3) is 0.118. The highest BCUT2D eigenvalue weighted by Gasteiger charge is 2.18. The van der Waals surface area contributed by atoms with E-state index in [0.29, 0.717) is 5.89 Å². The Hall–Kier alpha value is -4.70. The van der Waals surface area contributed by atoms with Crippen LogP contribution >= 0.6 is 0 Å². The molecule has 0 bridgehead atoms. The number of pyridine rings is 1. The first-order valence-electron chi connectivity index (χ1n) is 13.0. The van der Waals surface area contributed by atoms with Gasteiger partial charge in [0, 0.05) is 40.8 Å². The number of rotatable bonds is 7. The predicted molar refractivity (Wildman–Crippen MR) is 155 cm³/mol. The van der Waals surface area contributed by atoms with Gasteiger partial charge in [-0.1, -0.05) is 62.4 Å². The molecule has 1 unspecified atom stereocenters. The van der Waals surface area contributed by atoms with Crippen LogP contribution in [0.1, 0.15) is 31.9 Å². The first kappa shape index (κ1) is 23.7. The second-order valence-corrected chi connectivity index (χ2v) is 9.57. The van der Waals surface area contributed by atoms with Gasteiger partial charge < -0.3 is 8.98 Å². The van der Waals surface area contributed by atoms with Crippen molar-refractivity contribution in [1.82, 2.24) is 14.5 Å². The summed E-state index contributed by atoms with van der Waals surface area (Å²) in [5.74, 6) is 0.878. The van der Waals surface area contributed by atoms with E-state index in [-0.39, 0.29) is 5.92 Å². The Bertz CT molecular complexity index is 1680. The number of aromatic nitrogens is 3. The van der Waals surface area contributed by atoms with E-state index in [2.05, 4.69) is 102 Å². The molecule has 0 aliphatic carbocycles. The van der Waals surface area contributed by atoms with Crippen LogP contribution in [0.4, 0.5) is 0 Å². The largest absolute Gasteiger partial charge is 0.436 e. The second kappa shape index (κ2) is 9.98. The van der Waals surface area contributed by atoms with Crippen LogP contribution in [-0.4, -0.2) is 14.5 Å². The van der Waals surface area contributed by atoms with E-state index < -0.39 is 0 Å². The highest BCUT2D eigenvalue weighted by Crippen LogP contribution is 2.34. The summed E-state index contributed by atoms with van der Waals surface area (Å²) < 4.78 is 8.27. The van der Waals surface area contributed by atoms with Crippen LogP contribution in [0.2, 0.25) is 0 Å². The standard InChI is InChI=1S/C34H29N3O/c1-4-23(2)24(3)31-19-20-32(28-8-7-21-35-22-28)37(31)29-17-15-26(16-18-29)25-11-13-27(14-12-25)34-36-30-9-5-6-10-33(30)38-34/h5-22,24H,2,4H2,1,3H3. The van der Waals surface area contributed by atoms with E-state index in [9.17, 15) is 0 Å². The van der Waals surface area contributed by atoms with Crippen molar-refractivity contribution in [1.29, 1.82) is 0 Å². The minimum absolute atomic E-state index is 0.240. The first-order valence-corrected chi connectivity index (χ1v) is 13.0. The van der Waals surface area contributed by atoms with Crippen molar-refractivity contribution in [2.75, 3.05) is 0 Å². The lowest BCUT2D eigenvalue weighted by Gasteiger charge is -2.20. The van der Waals surface area contributed by atoms with Crippen molar-refractivity contribution >= 4 is 11.1 Å². The van der Waals surface area contributed by atoms with E-state index in [4.69, 9.17) is 4.42 Å². The van der Waals surface area contributed by atoms with Crippen LogP contribution in [0, 0.1) is 0 Å². The molecule has 3 heterocycles. The SMILES string of the molecule is C=C(CC)C(C)c1ccc(-c2cccnc2)n1-c1ccc(-c2ccc(-c3nc4ccccc4o3)cc2)cc1. The van der Waals surface area contributed by atoms with E-state index in [0.717, 1.165) is 51.2 Å². The number of benzene rings is 3. The molecule has 0 saturated heterocycles. The molecule has 0 fully saturated rings. The van der Waals surface area contributed by atoms with E-state index in [1.54, 1.807) is 0 Å². The van der Waals surface area contributed by atoms with Gasteiger partial charge in [-0.25, -0.2) is 4.98 Å². The molecule has 0 amide bonds. The molecule has 0 spiro atoms. The Labute approximate surface area is 222 Å². The van der Waals surface area contributed by atoms with Crippen LogP contribution in [0.3, 0.4) is 0 Å². The Morgan fingerprint density at radius 2 is 1.53 bits per heavy atom. The summed E-state index contributed by atoms with van der Waals surface area (Å²) in [6, 6.07) is 33.4. The number of para-hydroxylation sites is 2. The zero-order chi connectivity index (χ0) is 26.1. The molecule has 3 aromatic carbocycles. The summed E-state index contributed by atoms with van der Waals surface area (Å²) >= 11 is 0. The number of allylic oxidation sites excluding steroid dienone is 1. The Morgan fingerprint density at radius 1 is 0.816 bits per heavy atom. The molecule has 0 aliphatic rings. The highest BCUT2D eigenvalue weighted by molar-refractivity contribution is 5.77. The summed E-state index contributed by atoms with van der Waals surface area (Å²) in [7, 11) is 0. The molecule has 3 aromatic heterocycles. The van der Waals surface area contributed by atoms with Crippen LogP contribution < -0.4 is 0 Å². The molecule has 1 atom stereocenters. The molecule has 0 radical (unpaired) electrons. The van der Waals surface area contributed by atoms with Crippen LogP contribution in [0.15, 0.2) is 126 Å². The van der Waals surface area contributed by atoms with Gasteiger partial charge in [-0.15, -0.1) is 0 Å². The average Bonchev–Trinajstić information content (AvgIpc) is 3.62. The third-order valence-corrected chi connectivity index (χ3v) is 7.26. The smallest absolute Gasteiger partial charge is 0.227 e. The second-order valence-electron chi connectivity index (χ2n) is 9.57. The summed E-state index contributed by atoms with van der Waals surface area (Å²) in [5, 5.41) is 0. The van der Waals surface area contributed by atoms with Gasteiger partial charge in [0.2, 0.25) is 5.89 Å². The van der Waals surface area contributed by atoms with Crippen LogP contribution in [-0.2, 0) is 0 Å². The van der Waals surface area contributed by atoms with Crippen molar-refractivity contribution in [3.63, 3.8) is 0 Å². The number of hydrogen-bond acceptors (Lipinski definition) is 3. The predicted octanol–water partition coefficient (Wildman–Crippen LogP) is 9.08. The fourth-order valence-electron chi connectivity index (χ4n) is 4.94. The Kier molecular flexibility index (Phi) is 6.22. The maximum absolute atomic E-state index is 5.94. The van der Waals surface area contributed by atoms with E-state index >= 15 is 0 Å². The lowest BCUT2D eigenvalue weighted by atomic mass is 9.97. The maximum Gasteiger partial charge on any atom is 0.227 e. The fourth-order valence-corrected chi connectivity index (χ4v) is 4.94. The quantitative estimate of drug-likeness (QED) is 0.207. The highest BCUT2D eigenvalue weighted by atomic mass is 16.3. The molecule has 186 valence electrons. The Balaban J connectivity index is 1.33. The zero-order valence-corrected chi connectivity index (χ0v) is 21.6. The van der Waals surface area contributed by atoms with Crippen molar-refractivity contribution in [2.45, 2.75) is 26.2 Å². The van der Waals surface area contributed by atoms with Crippen molar-refractivity contribution < 1.29 is 4.42 Å². The summed E-state index contributed by atoms with van der Waals surface area (Å²) in [6.45, 7) is 8.72. The minimum atomic E-state index is 0.240. The van der Waals surface area contributed by atoms with Gasteiger partial charge >= 0.3 is 0 Å². The third kappa shape index (κ3) is 4.35. The van der Waals surface area contributed by atoms with Gasteiger partial charge in [0.05, 0.1) is 5.69 Å². The van der Waals surface area contributed by atoms with Gasteiger partial charge in [0.1, 0.15) is 5.52 Å². The lowest BCUT2D eigenvalue weighted by Crippen LogP contribution is -2.07. The molecule has 0 saturated carbocycles. The van der Waals surface area contributed by atoms with Crippen molar-refractivity contribution in [2.24, 2.45) is 0 Å². The minimum Gasteiger partial charge on any atom is -0.436 e. The number of nitrogens with zero attached hydrogens (tertiary/aromatic N) is 3. The summed E-state index contributed by atoms with van der Waals surface area (Å²) in [6.07, 6.45) is 4.68. The number of fused-ring (bicyclic) bond motifs is 1. The molecule has 0 aliphatic heterocycles. The molecule has 38 heavy (non-hydrogen) atoms. The maximum atomic E-state index is 5.94. The van der Waals surface area contributed by atoms with Gasteiger partial charge in [-0.3, -0.25) is 4.98 Å². The Morgan fingerprint density at radius 3 is 2.21 bits per heavy atom. The summed E-state index contributed by atoms with van der Waals surface area (Å²) in [5.41, 5.74) is 10.7. The molecule has 4 nitrogen and oxygen atoms in total. The van der Waals surface area contributed by atoms with E-state index in [1.165, 1.54) is 11.3 Å². The molecular weight excluding hydrogens is 466 g/mol. The van der Waals surface area contributed by atoms with Gasteiger partial charge in [0.15, 0.2) is 5.58 Å². The zero-order valence-electron chi connectivity index (χ0n) is 21.6. The topological polar surface area (TPSA) is 43.9 Å². The normalized spacial score (nSPS) is 12.1. The van der Waals surface area contributed by atoms with Crippen molar-refractivity contribution in [3.8, 4) is 39.5 Å². The summed E-state index contributed by atoms with van der Waals surface area (Å²) in [4.78, 5) is 8.97. The van der Waals surface area contributed by atoms with Crippen LogP contribution in [0.5, 0.6) is 0 Å². The molecule has 0 N–H and O–H groups in total. The third-order valence-electron chi connectivity index (χ3n) is 7.26. The number of hydrogen-bond donors (Lipinski definition) is 0. The van der Waals surface area contributed by atoms with Crippen LogP contribution in [0.25, 0.3) is 50.6 Å². The van der Waals surface area contributed by atoms with E-state index in [1.807, 2.05) is 42.7 Å². The molecule has 4 heteroatoms. The molecular formula is C34H29N3O. The molecule has 6 aromatic rings. The number of oxazole rings is 1. The van der Waals surface area contributed by atoms with Crippen molar-refractivity contribution in [3.05, 3.63) is 127 Å². The molecule has 6 rings (SSSR count). The monoisotopic (exact) mass is 495 g/mol. The van der Waals surface area contributed by atoms with Gasteiger partial charge in [-0.2, -0.15) is 0 Å².